The molecule has 0 aliphatic carbocycles. The highest BCUT2D eigenvalue weighted by Crippen LogP contribution is 2.01. The Morgan fingerprint density at radius 2 is 1.75 bits per heavy atom. The maximum Gasteiger partial charge on any atom is 0.316 e. The van der Waals surface area contributed by atoms with E-state index in [2.05, 4.69) is 16.0 Å². The van der Waals surface area contributed by atoms with Crippen LogP contribution < -0.4 is 16.0 Å². The standard InChI is InChI=1S/C12H24N4O4/c1-4-5-9(8-10(17)18)15-11(19)13-6-7-14-12(20)16(2)3/h9H,4-8H2,1-3H3,(H,14,20)(H,17,18)(H2,13,15,19). The molecule has 0 heterocycles. The number of hydrogen-bond donors (Lipinski definition) is 4. The number of nitrogens with zero attached hydrogens (tertiary/aromatic N) is 1. The minimum Gasteiger partial charge on any atom is -0.481 e. The fourth-order valence-corrected chi connectivity index (χ4v) is 1.52. The molecular formula is C12H24N4O4. The van der Waals surface area contributed by atoms with Crippen molar-refractivity contribution in [1.82, 2.24) is 20.9 Å². The fraction of sp³-hybridized carbons (Fsp3) is 0.750. The van der Waals surface area contributed by atoms with Gasteiger partial charge < -0.3 is 26.0 Å². The van der Waals surface area contributed by atoms with Crippen molar-refractivity contribution in [3.63, 3.8) is 0 Å². The molecule has 1 atom stereocenters. The second kappa shape index (κ2) is 9.88. The van der Waals surface area contributed by atoms with Gasteiger partial charge in [-0.2, -0.15) is 0 Å². The van der Waals surface area contributed by atoms with Gasteiger partial charge in [0.25, 0.3) is 0 Å². The molecule has 0 fully saturated rings. The van der Waals surface area contributed by atoms with Crippen LogP contribution >= 0.6 is 0 Å². The predicted molar refractivity (Wildman–Crippen MR) is 74.6 cm³/mol. The van der Waals surface area contributed by atoms with Crippen molar-refractivity contribution in [3.05, 3.63) is 0 Å². The first-order valence-electron chi connectivity index (χ1n) is 6.58. The highest BCUT2D eigenvalue weighted by molar-refractivity contribution is 5.76. The number of carboxylic acid groups (broad SMARTS) is 1. The van der Waals surface area contributed by atoms with Crippen molar-refractivity contribution >= 4 is 18.0 Å². The maximum absolute atomic E-state index is 11.6. The molecule has 8 heteroatoms. The summed E-state index contributed by atoms with van der Waals surface area (Å²) in [6.07, 6.45) is 1.30. The van der Waals surface area contributed by atoms with Crippen LogP contribution in [0.1, 0.15) is 26.2 Å². The Kier molecular flexibility index (Phi) is 8.89. The molecule has 0 saturated carbocycles. The number of amides is 4. The summed E-state index contributed by atoms with van der Waals surface area (Å²) in [5.74, 6) is -0.943. The molecule has 0 aromatic carbocycles. The predicted octanol–water partition coefficient (Wildman–Crippen LogP) is 0.200. The number of carbonyl (C=O) groups excluding carboxylic acids is 2. The van der Waals surface area contributed by atoms with Crippen molar-refractivity contribution in [2.24, 2.45) is 0 Å². The fourth-order valence-electron chi connectivity index (χ4n) is 1.52. The number of aliphatic carboxylic acids is 1. The van der Waals surface area contributed by atoms with Crippen molar-refractivity contribution in [1.29, 1.82) is 0 Å². The third-order valence-electron chi connectivity index (χ3n) is 2.49. The number of nitrogens with one attached hydrogen (secondary N) is 3. The van der Waals surface area contributed by atoms with Crippen molar-refractivity contribution in [3.8, 4) is 0 Å². The lowest BCUT2D eigenvalue weighted by atomic mass is 10.1. The lowest BCUT2D eigenvalue weighted by molar-refractivity contribution is -0.137. The molecule has 0 radical (unpaired) electrons. The van der Waals surface area contributed by atoms with Gasteiger partial charge in [-0.25, -0.2) is 9.59 Å². The van der Waals surface area contributed by atoms with Crippen LogP contribution in [0.15, 0.2) is 0 Å². The highest BCUT2D eigenvalue weighted by atomic mass is 16.4. The largest absolute Gasteiger partial charge is 0.481 e. The number of urea groups is 2. The second-order valence-electron chi connectivity index (χ2n) is 4.61. The van der Waals surface area contributed by atoms with Crippen LogP contribution in [-0.2, 0) is 4.79 Å². The van der Waals surface area contributed by atoms with Crippen LogP contribution in [0, 0.1) is 0 Å². The first-order chi connectivity index (χ1) is 9.36. The Labute approximate surface area is 118 Å². The van der Waals surface area contributed by atoms with Crippen molar-refractivity contribution in [2.75, 3.05) is 27.2 Å². The summed E-state index contributed by atoms with van der Waals surface area (Å²) in [6.45, 7) is 2.50. The quantitative estimate of drug-likeness (QED) is 0.478. The number of hydrogen-bond acceptors (Lipinski definition) is 3. The van der Waals surface area contributed by atoms with Gasteiger partial charge in [-0.3, -0.25) is 4.79 Å². The van der Waals surface area contributed by atoms with Crippen molar-refractivity contribution in [2.45, 2.75) is 32.2 Å². The zero-order valence-electron chi connectivity index (χ0n) is 12.2. The van der Waals surface area contributed by atoms with Gasteiger partial charge >= 0.3 is 18.0 Å². The summed E-state index contributed by atoms with van der Waals surface area (Å²) in [5.41, 5.74) is 0. The molecule has 0 bridgehead atoms. The van der Waals surface area contributed by atoms with E-state index in [0.717, 1.165) is 6.42 Å². The third-order valence-corrected chi connectivity index (χ3v) is 2.49. The van der Waals surface area contributed by atoms with Gasteiger partial charge in [0, 0.05) is 33.2 Å². The van der Waals surface area contributed by atoms with E-state index in [9.17, 15) is 14.4 Å². The van der Waals surface area contributed by atoms with E-state index in [1.807, 2.05) is 6.92 Å². The van der Waals surface area contributed by atoms with E-state index in [4.69, 9.17) is 5.11 Å². The van der Waals surface area contributed by atoms with Gasteiger partial charge in [0.2, 0.25) is 0 Å². The van der Waals surface area contributed by atoms with E-state index in [-0.39, 0.29) is 25.0 Å². The molecule has 0 saturated heterocycles. The molecular weight excluding hydrogens is 264 g/mol. The summed E-state index contributed by atoms with van der Waals surface area (Å²) >= 11 is 0. The molecule has 0 aliphatic heterocycles. The zero-order valence-corrected chi connectivity index (χ0v) is 12.2. The van der Waals surface area contributed by atoms with Crippen LogP contribution in [0.4, 0.5) is 9.59 Å². The smallest absolute Gasteiger partial charge is 0.316 e. The first kappa shape index (κ1) is 18.0. The van der Waals surface area contributed by atoms with E-state index < -0.39 is 12.0 Å². The summed E-state index contributed by atoms with van der Waals surface area (Å²) < 4.78 is 0. The van der Waals surface area contributed by atoms with Gasteiger partial charge in [0.15, 0.2) is 0 Å². The topological polar surface area (TPSA) is 111 Å². The number of rotatable bonds is 8. The monoisotopic (exact) mass is 288 g/mol. The lowest BCUT2D eigenvalue weighted by Crippen LogP contribution is -2.46. The average molecular weight is 288 g/mol. The Balaban J connectivity index is 3.90. The molecule has 116 valence electrons. The number of carboxylic acids is 1. The molecule has 0 aromatic heterocycles. The molecule has 0 aromatic rings. The van der Waals surface area contributed by atoms with Gasteiger partial charge in [-0.15, -0.1) is 0 Å². The normalized spacial score (nSPS) is 11.3. The summed E-state index contributed by atoms with van der Waals surface area (Å²) in [7, 11) is 3.24. The SMILES string of the molecule is CCCC(CC(=O)O)NC(=O)NCCNC(=O)N(C)C. The van der Waals surface area contributed by atoms with Gasteiger partial charge in [0.05, 0.1) is 6.42 Å². The molecule has 4 N–H and O–H groups in total. The Morgan fingerprint density at radius 1 is 1.15 bits per heavy atom. The van der Waals surface area contributed by atoms with Crippen LogP contribution in [0.5, 0.6) is 0 Å². The summed E-state index contributed by atoms with van der Waals surface area (Å²) in [4.78, 5) is 34.8. The molecule has 0 aliphatic rings. The Bertz CT molecular complexity index is 333. The Morgan fingerprint density at radius 3 is 2.25 bits per heavy atom. The van der Waals surface area contributed by atoms with Crippen molar-refractivity contribution < 1.29 is 19.5 Å². The van der Waals surface area contributed by atoms with E-state index >= 15 is 0 Å². The Hall–Kier alpha value is -1.99. The minimum atomic E-state index is -0.943. The van der Waals surface area contributed by atoms with Crippen LogP contribution in [0.3, 0.4) is 0 Å². The first-order valence-corrected chi connectivity index (χ1v) is 6.58. The molecule has 8 nitrogen and oxygen atoms in total. The lowest BCUT2D eigenvalue weighted by Gasteiger charge is -2.17. The molecule has 0 rings (SSSR count). The van der Waals surface area contributed by atoms with Gasteiger partial charge in [0.1, 0.15) is 0 Å². The maximum atomic E-state index is 11.6. The van der Waals surface area contributed by atoms with E-state index in [1.165, 1.54) is 4.90 Å². The van der Waals surface area contributed by atoms with E-state index in [1.54, 1.807) is 14.1 Å². The van der Waals surface area contributed by atoms with Gasteiger partial charge in [-0.1, -0.05) is 13.3 Å². The van der Waals surface area contributed by atoms with E-state index in [0.29, 0.717) is 13.0 Å². The molecule has 20 heavy (non-hydrogen) atoms. The summed E-state index contributed by atoms with van der Waals surface area (Å²) in [5, 5.41) is 16.5. The zero-order chi connectivity index (χ0) is 15.5. The minimum absolute atomic E-state index is 0.0986. The molecule has 1 unspecified atom stereocenters. The molecule has 4 amide bonds. The summed E-state index contributed by atoms with van der Waals surface area (Å²) in [6, 6.07) is -1.04. The highest BCUT2D eigenvalue weighted by Gasteiger charge is 2.14. The number of carbonyl (C=O) groups is 3. The average Bonchev–Trinajstić information content (AvgIpc) is 2.33. The van der Waals surface area contributed by atoms with Crippen LogP contribution in [0.2, 0.25) is 0 Å². The van der Waals surface area contributed by atoms with Gasteiger partial charge in [-0.05, 0) is 6.42 Å². The second-order valence-corrected chi connectivity index (χ2v) is 4.61. The third kappa shape index (κ3) is 9.01. The van der Waals surface area contributed by atoms with Crippen LogP contribution in [-0.4, -0.2) is 61.3 Å². The molecule has 0 spiro atoms. The van der Waals surface area contributed by atoms with Crippen LogP contribution in [0.25, 0.3) is 0 Å².